The van der Waals surface area contributed by atoms with Gasteiger partial charge in [-0.05, 0) is 61.4 Å². The smallest absolute Gasteiger partial charge is 0.255 e. The van der Waals surface area contributed by atoms with Crippen molar-refractivity contribution in [2.75, 3.05) is 10.2 Å². The molecule has 0 spiro atoms. The number of rotatable bonds is 5. The Hall–Kier alpha value is -3.58. The summed E-state index contributed by atoms with van der Waals surface area (Å²) in [6.07, 6.45) is 5.18. The molecule has 150 valence electrons. The topological polar surface area (TPSA) is 58.1 Å². The Kier molecular flexibility index (Phi) is 5.54. The Morgan fingerprint density at radius 3 is 2.67 bits per heavy atom. The van der Waals surface area contributed by atoms with Crippen LogP contribution in [0.4, 0.5) is 26.6 Å². The van der Waals surface area contributed by atoms with Crippen molar-refractivity contribution >= 4 is 39.4 Å². The fourth-order valence-electron chi connectivity index (χ4n) is 3.07. The van der Waals surface area contributed by atoms with Gasteiger partial charge in [0.1, 0.15) is 5.82 Å². The summed E-state index contributed by atoms with van der Waals surface area (Å²) >= 11 is 1.49. The van der Waals surface area contributed by atoms with Crippen LogP contribution in [-0.4, -0.2) is 15.9 Å². The van der Waals surface area contributed by atoms with Crippen molar-refractivity contribution < 1.29 is 9.18 Å². The van der Waals surface area contributed by atoms with Crippen molar-refractivity contribution in [3.05, 3.63) is 95.0 Å². The van der Waals surface area contributed by atoms with Crippen LogP contribution in [0, 0.1) is 19.7 Å². The van der Waals surface area contributed by atoms with Crippen molar-refractivity contribution in [3.63, 3.8) is 0 Å². The number of carbonyl (C=O) groups is 1. The number of amides is 1. The fourth-order valence-corrected chi connectivity index (χ4v) is 3.75. The standard InChI is InChI=1S/C23H19FN4OS/c1-15-5-8-20(19(24)12-15)27-22(29)17-7-6-16(2)21(13-17)28(23-26-10-11-30-23)18-4-3-9-25-14-18/h3-14H,1-2H3,(H,27,29). The van der Waals surface area contributed by atoms with Gasteiger partial charge in [-0.25, -0.2) is 9.37 Å². The molecule has 0 radical (unpaired) electrons. The second-order valence-electron chi connectivity index (χ2n) is 6.80. The monoisotopic (exact) mass is 418 g/mol. The number of aromatic nitrogens is 2. The Labute approximate surface area is 177 Å². The van der Waals surface area contributed by atoms with Gasteiger partial charge >= 0.3 is 0 Å². The normalized spacial score (nSPS) is 10.6. The molecule has 2 aromatic heterocycles. The molecule has 2 heterocycles. The summed E-state index contributed by atoms with van der Waals surface area (Å²) in [7, 11) is 0. The Balaban J connectivity index is 1.72. The van der Waals surface area contributed by atoms with E-state index in [-0.39, 0.29) is 11.6 Å². The van der Waals surface area contributed by atoms with Gasteiger partial charge in [0.2, 0.25) is 0 Å². The number of nitrogens with zero attached hydrogens (tertiary/aromatic N) is 3. The van der Waals surface area contributed by atoms with Gasteiger partial charge in [0, 0.05) is 23.3 Å². The van der Waals surface area contributed by atoms with E-state index >= 15 is 0 Å². The van der Waals surface area contributed by atoms with Crippen molar-refractivity contribution in [2.24, 2.45) is 0 Å². The van der Waals surface area contributed by atoms with Crippen molar-refractivity contribution in [1.29, 1.82) is 0 Å². The molecule has 0 fully saturated rings. The molecule has 0 aliphatic rings. The van der Waals surface area contributed by atoms with Crippen LogP contribution in [-0.2, 0) is 0 Å². The highest BCUT2D eigenvalue weighted by molar-refractivity contribution is 7.13. The Morgan fingerprint density at radius 1 is 1.10 bits per heavy atom. The van der Waals surface area contributed by atoms with E-state index in [1.165, 1.54) is 17.4 Å². The summed E-state index contributed by atoms with van der Waals surface area (Å²) < 4.78 is 14.2. The molecular weight excluding hydrogens is 399 g/mol. The maximum absolute atomic E-state index is 14.2. The zero-order valence-corrected chi connectivity index (χ0v) is 17.3. The maximum Gasteiger partial charge on any atom is 0.255 e. The highest BCUT2D eigenvalue weighted by atomic mass is 32.1. The predicted octanol–water partition coefficient (Wildman–Crippen LogP) is 6.02. The van der Waals surface area contributed by atoms with Crippen LogP contribution in [0.15, 0.2) is 72.5 Å². The molecule has 0 saturated heterocycles. The third kappa shape index (κ3) is 4.06. The van der Waals surface area contributed by atoms with E-state index in [2.05, 4.69) is 15.3 Å². The first kappa shape index (κ1) is 19.7. The molecule has 7 heteroatoms. The van der Waals surface area contributed by atoms with Gasteiger partial charge in [-0.2, -0.15) is 0 Å². The van der Waals surface area contributed by atoms with Gasteiger partial charge in [-0.15, -0.1) is 11.3 Å². The van der Waals surface area contributed by atoms with E-state index in [4.69, 9.17) is 0 Å². The summed E-state index contributed by atoms with van der Waals surface area (Å²) in [5.74, 6) is -0.847. The number of carbonyl (C=O) groups excluding carboxylic acids is 1. The van der Waals surface area contributed by atoms with E-state index in [1.807, 2.05) is 35.4 Å². The third-order valence-electron chi connectivity index (χ3n) is 4.60. The van der Waals surface area contributed by atoms with Crippen LogP contribution in [0.25, 0.3) is 0 Å². The summed E-state index contributed by atoms with van der Waals surface area (Å²) in [5, 5.41) is 5.31. The summed E-state index contributed by atoms with van der Waals surface area (Å²) in [4.78, 5) is 23.4. The number of hydrogen-bond donors (Lipinski definition) is 1. The van der Waals surface area contributed by atoms with Gasteiger partial charge in [0.15, 0.2) is 5.13 Å². The van der Waals surface area contributed by atoms with E-state index < -0.39 is 5.82 Å². The highest BCUT2D eigenvalue weighted by Crippen LogP contribution is 2.37. The molecule has 0 aliphatic heterocycles. The first-order chi connectivity index (χ1) is 14.5. The number of thiazole rings is 1. The zero-order chi connectivity index (χ0) is 21.1. The van der Waals surface area contributed by atoms with Crippen molar-refractivity contribution in [1.82, 2.24) is 9.97 Å². The molecule has 4 rings (SSSR count). The van der Waals surface area contributed by atoms with E-state index in [0.717, 1.165) is 27.6 Å². The van der Waals surface area contributed by atoms with Gasteiger partial charge in [-0.3, -0.25) is 14.7 Å². The van der Waals surface area contributed by atoms with Gasteiger partial charge in [0.05, 0.1) is 23.3 Å². The van der Waals surface area contributed by atoms with Crippen molar-refractivity contribution in [2.45, 2.75) is 13.8 Å². The Bertz CT molecular complexity index is 1180. The molecule has 0 bridgehead atoms. The summed E-state index contributed by atoms with van der Waals surface area (Å²) in [6, 6.07) is 13.9. The molecule has 0 unspecified atom stereocenters. The SMILES string of the molecule is Cc1ccc(NC(=O)c2ccc(C)c(N(c3cccnc3)c3nccs3)c2)c(F)c1. The first-order valence-corrected chi connectivity index (χ1v) is 10.2. The molecule has 0 atom stereocenters. The van der Waals surface area contributed by atoms with Crippen LogP contribution < -0.4 is 10.2 Å². The van der Waals surface area contributed by atoms with E-state index in [9.17, 15) is 9.18 Å². The van der Waals surface area contributed by atoms with Crippen LogP contribution >= 0.6 is 11.3 Å². The van der Waals surface area contributed by atoms with Gasteiger partial charge in [-0.1, -0.05) is 12.1 Å². The number of benzene rings is 2. The van der Waals surface area contributed by atoms with Crippen molar-refractivity contribution in [3.8, 4) is 0 Å². The van der Waals surface area contributed by atoms with E-state index in [1.54, 1.807) is 49.8 Å². The van der Waals surface area contributed by atoms with Crippen LogP contribution in [0.3, 0.4) is 0 Å². The Morgan fingerprint density at radius 2 is 1.97 bits per heavy atom. The molecule has 0 saturated carbocycles. The molecule has 30 heavy (non-hydrogen) atoms. The first-order valence-electron chi connectivity index (χ1n) is 9.31. The average molecular weight is 418 g/mol. The fraction of sp³-hybridized carbons (Fsp3) is 0.0870. The minimum absolute atomic E-state index is 0.150. The lowest BCUT2D eigenvalue weighted by Crippen LogP contribution is -2.16. The number of halogens is 1. The number of aryl methyl sites for hydroxylation is 2. The lowest BCUT2D eigenvalue weighted by Gasteiger charge is -2.24. The minimum Gasteiger partial charge on any atom is -0.319 e. The van der Waals surface area contributed by atoms with Crippen LogP contribution in [0.5, 0.6) is 0 Å². The second kappa shape index (κ2) is 8.42. The summed E-state index contributed by atoms with van der Waals surface area (Å²) in [6.45, 7) is 3.76. The molecule has 4 aromatic rings. The number of anilines is 4. The largest absolute Gasteiger partial charge is 0.319 e. The molecular formula is C23H19FN4OS. The molecule has 1 amide bonds. The predicted molar refractivity (Wildman–Crippen MR) is 118 cm³/mol. The number of pyridine rings is 1. The molecule has 2 aromatic carbocycles. The van der Waals surface area contributed by atoms with Crippen LogP contribution in [0.2, 0.25) is 0 Å². The van der Waals surface area contributed by atoms with Gasteiger partial charge in [0.25, 0.3) is 5.91 Å². The molecule has 1 N–H and O–H groups in total. The zero-order valence-electron chi connectivity index (χ0n) is 16.5. The second-order valence-corrected chi connectivity index (χ2v) is 7.67. The molecule has 5 nitrogen and oxygen atoms in total. The lowest BCUT2D eigenvalue weighted by molar-refractivity contribution is 0.102. The minimum atomic E-state index is -0.463. The number of nitrogens with one attached hydrogen (secondary N) is 1. The quantitative estimate of drug-likeness (QED) is 0.431. The van der Waals surface area contributed by atoms with Crippen LogP contribution in [0.1, 0.15) is 21.5 Å². The molecule has 0 aliphatic carbocycles. The highest BCUT2D eigenvalue weighted by Gasteiger charge is 2.19. The van der Waals surface area contributed by atoms with Gasteiger partial charge < -0.3 is 5.32 Å². The lowest BCUT2D eigenvalue weighted by atomic mass is 10.1. The summed E-state index contributed by atoms with van der Waals surface area (Å²) in [5.41, 5.74) is 3.95. The van der Waals surface area contributed by atoms with E-state index in [0.29, 0.717) is 5.56 Å². The number of hydrogen-bond acceptors (Lipinski definition) is 5. The third-order valence-corrected chi connectivity index (χ3v) is 5.36. The maximum atomic E-state index is 14.2. The average Bonchev–Trinajstić information content (AvgIpc) is 3.27.